The van der Waals surface area contributed by atoms with Crippen LogP contribution < -0.4 is 21.8 Å². The number of hydrogen-bond donors (Lipinski definition) is 4. The summed E-state index contributed by atoms with van der Waals surface area (Å²) in [7, 11) is 0. The predicted molar refractivity (Wildman–Crippen MR) is 34.1 cm³/mol. The highest BCUT2D eigenvalue weighted by Crippen LogP contribution is 1.84. The summed E-state index contributed by atoms with van der Waals surface area (Å²) in [6, 6.07) is -0.310. The van der Waals surface area contributed by atoms with Gasteiger partial charge in [-0.25, -0.2) is 9.59 Å². The van der Waals surface area contributed by atoms with Gasteiger partial charge in [-0.1, -0.05) is 0 Å². The van der Waals surface area contributed by atoms with Gasteiger partial charge in [0.15, 0.2) is 0 Å². The van der Waals surface area contributed by atoms with Crippen LogP contribution in [0.4, 0.5) is 9.59 Å². The third-order valence-electron chi connectivity index (χ3n) is 1.07. The van der Waals surface area contributed by atoms with Crippen molar-refractivity contribution in [2.75, 3.05) is 6.54 Å². The van der Waals surface area contributed by atoms with Crippen LogP contribution in [0.1, 0.15) is 0 Å². The number of carbonyl (C=O) groups excluding carboxylic acids is 2. The number of urea groups is 1. The van der Waals surface area contributed by atoms with Crippen molar-refractivity contribution in [1.82, 2.24) is 16.1 Å². The molecule has 0 saturated carbocycles. The molecular formula is C4H8N4O3. The van der Waals surface area contributed by atoms with Gasteiger partial charge >= 0.3 is 12.1 Å². The van der Waals surface area contributed by atoms with Crippen LogP contribution in [0, 0.1) is 0 Å². The molecule has 0 aromatic carbocycles. The second kappa shape index (κ2) is 3.06. The maximum Gasteiger partial charge on any atom is 0.423 e. The largest absolute Gasteiger partial charge is 0.423 e. The van der Waals surface area contributed by atoms with Crippen molar-refractivity contribution >= 4 is 12.1 Å². The minimum Gasteiger partial charge on any atom is -0.352 e. The first-order valence-electron chi connectivity index (χ1n) is 2.94. The molecule has 1 fully saturated rings. The first-order valence-corrected chi connectivity index (χ1v) is 2.94. The lowest BCUT2D eigenvalue weighted by atomic mass is 10.6. The quantitative estimate of drug-likeness (QED) is 0.358. The van der Waals surface area contributed by atoms with Gasteiger partial charge in [0.25, 0.3) is 0 Å². The van der Waals surface area contributed by atoms with Crippen LogP contribution in [0.15, 0.2) is 0 Å². The molecule has 7 nitrogen and oxygen atoms in total. The zero-order chi connectivity index (χ0) is 8.27. The maximum atomic E-state index is 10.5. The Balaban J connectivity index is 2.18. The van der Waals surface area contributed by atoms with Gasteiger partial charge in [0.05, 0.1) is 6.54 Å². The summed E-state index contributed by atoms with van der Waals surface area (Å²) < 4.78 is 0. The Hall–Kier alpha value is -1.50. The fourth-order valence-corrected chi connectivity index (χ4v) is 0.655. The van der Waals surface area contributed by atoms with Crippen molar-refractivity contribution in [3.05, 3.63) is 0 Å². The van der Waals surface area contributed by atoms with E-state index in [0.717, 1.165) is 0 Å². The van der Waals surface area contributed by atoms with E-state index >= 15 is 0 Å². The normalized spacial score (nSPS) is 22.2. The number of primary amides is 1. The SMILES string of the molecule is NC(=O)ONC1CNC(=O)N1. The fraction of sp³-hybridized carbons (Fsp3) is 0.500. The molecule has 3 amide bonds. The highest BCUT2D eigenvalue weighted by atomic mass is 16.7. The summed E-state index contributed by atoms with van der Waals surface area (Å²) in [6.07, 6.45) is -1.35. The lowest BCUT2D eigenvalue weighted by Crippen LogP contribution is -2.42. The van der Waals surface area contributed by atoms with Crippen LogP contribution >= 0.6 is 0 Å². The number of carbonyl (C=O) groups is 2. The van der Waals surface area contributed by atoms with E-state index < -0.39 is 12.3 Å². The molecule has 0 aliphatic carbocycles. The minimum absolute atomic E-state index is 0.310. The van der Waals surface area contributed by atoms with E-state index in [4.69, 9.17) is 0 Å². The molecule has 1 atom stereocenters. The van der Waals surface area contributed by atoms with Gasteiger partial charge in [-0.3, -0.25) is 0 Å². The van der Waals surface area contributed by atoms with E-state index in [1.807, 2.05) is 0 Å². The maximum absolute atomic E-state index is 10.5. The van der Waals surface area contributed by atoms with E-state index in [9.17, 15) is 9.59 Å². The molecule has 11 heavy (non-hydrogen) atoms. The van der Waals surface area contributed by atoms with Crippen LogP contribution in [0.25, 0.3) is 0 Å². The van der Waals surface area contributed by atoms with Gasteiger partial charge in [0.2, 0.25) is 0 Å². The van der Waals surface area contributed by atoms with Crippen molar-refractivity contribution in [2.24, 2.45) is 5.73 Å². The van der Waals surface area contributed by atoms with E-state index in [-0.39, 0.29) is 6.03 Å². The van der Waals surface area contributed by atoms with Crippen molar-refractivity contribution in [2.45, 2.75) is 6.17 Å². The van der Waals surface area contributed by atoms with Crippen LogP contribution in [0.5, 0.6) is 0 Å². The van der Waals surface area contributed by atoms with Gasteiger partial charge in [-0.05, 0) is 0 Å². The molecule has 1 unspecified atom stereocenters. The van der Waals surface area contributed by atoms with Gasteiger partial charge < -0.3 is 21.2 Å². The molecule has 1 aliphatic heterocycles. The van der Waals surface area contributed by atoms with Crippen molar-refractivity contribution in [3.63, 3.8) is 0 Å². The third kappa shape index (κ3) is 2.30. The first kappa shape index (κ1) is 7.61. The smallest absolute Gasteiger partial charge is 0.352 e. The first-order chi connectivity index (χ1) is 5.18. The Bertz CT molecular complexity index is 182. The Morgan fingerprint density at radius 2 is 2.55 bits per heavy atom. The summed E-state index contributed by atoms with van der Waals surface area (Å²) in [6.45, 7) is 0.353. The summed E-state index contributed by atoms with van der Waals surface area (Å²) in [5, 5.41) is 4.86. The molecule has 5 N–H and O–H groups in total. The number of rotatable bonds is 2. The van der Waals surface area contributed by atoms with Crippen molar-refractivity contribution in [3.8, 4) is 0 Å². The van der Waals surface area contributed by atoms with Crippen LogP contribution in [-0.4, -0.2) is 24.8 Å². The summed E-state index contributed by atoms with van der Waals surface area (Å²) in [5.74, 6) is 0. The Labute approximate surface area is 62.2 Å². The van der Waals surface area contributed by atoms with Gasteiger partial charge in [0.1, 0.15) is 6.17 Å². The summed E-state index contributed by atoms with van der Waals surface area (Å²) in [5.41, 5.74) is 6.89. The Morgan fingerprint density at radius 1 is 1.82 bits per heavy atom. The number of hydrogen-bond acceptors (Lipinski definition) is 4. The van der Waals surface area contributed by atoms with Gasteiger partial charge in [0, 0.05) is 0 Å². The Morgan fingerprint density at radius 3 is 3.00 bits per heavy atom. The standard InChI is InChI=1S/C4H8N4O3/c5-3(9)11-8-2-1-6-4(10)7-2/h2,8H,1H2,(H2,5,9)(H2,6,7,10). The zero-order valence-electron chi connectivity index (χ0n) is 5.59. The van der Waals surface area contributed by atoms with Crippen molar-refractivity contribution in [1.29, 1.82) is 0 Å². The topological polar surface area (TPSA) is 105 Å². The minimum atomic E-state index is -0.939. The molecule has 62 valence electrons. The summed E-state index contributed by atoms with van der Waals surface area (Å²) in [4.78, 5) is 24.7. The molecular weight excluding hydrogens is 152 g/mol. The van der Waals surface area contributed by atoms with Crippen molar-refractivity contribution < 1.29 is 14.4 Å². The predicted octanol–water partition coefficient (Wildman–Crippen LogP) is -1.77. The molecule has 1 saturated heterocycles. The number of nitrogens with one attached hydrogen (secondary N) is 3. The van der Waals surface area contributed by atoms with Crippen LogP contribution in [-0.2, 0) is 4.84 Å². The molecule has 0 bridgehead atoms. The second-order valence-corrected chi connectivity index (χ2v) is 1.95. The van der Waals surface area contributed by atoms with Crippen LogP contribution in [0.3, 0.4) is 0 Å². The monoisotopic (exact) mass is 160 g/mol. The summed E-state index contributed by atoms with van der Waals surface area (Å²) >= 11 is 0. The molecule has 0 aromatic heterocycles. The van der Waals surface area contributed by atoms with E-state index in [1.54, 1.807) is 0 Å². The van der Waals surface area contributed by atoms with E-state index in [1.165, 1.54) is 0 Å². The number of amides is 3. The second-order valence-electron chi connectivity index (χ2n) is 1.95. The molecule has 0 spiro atoms. The lowest BCUT2D eigenvalue weighted by molar-refractivity contribution is 0.0758. The number of hydroxylamine groups is 1. The molecule has 1 aliphatic rings. The average Bonchev–Trinajstić information content (AvgIpc) is 2.31. The molecule has 1 heterocycles. The molecule has 0 aromatic rings. The highest BCUT2D eigenvalue weighted by molar-refractivity contribution is 5.76. The van der Waals surface area contributed by atoms with Gasteiger partial charge in [-0.15, -0.1) is 5.48 Å². The van der Waals surface area contributed by atoms with E-state index in [0.29, 0.717) is 6.54 Å². The average molecular weight is 160 g/mol. The molecule has 1 rings (SSSR count). The Kier molecular flexibility index (Phi) is 2.12. The lowest BCUT2D eigenvalue weighted by Gasteiger charge is -2.08. The molecule has 0 radical (unpaired) electrons. The molecule has 7 heteroatoms. The van der Waals surface area contributed by atoms with E-state index in [2.05, 4.69) is 26.7 Å². The third-order valence-corrected chi connectivity index (χ3v) is 1.07. The van der Waals surface area contributed by atoms with Crippen LogP contribution in [0.2, 0.25) is 0 Å². The number of nitrogens with two attached hydrogens (primary N) is 1. The van der Waals surface area contributed by atoms with Gasteiger partial charge in [-0.2, -0.15) is 0 Å². The fourth-order valence-electron chi connectivity index (χ4n) is 0.655. The zero-order valence-corrected chi connectivity index (χ0v) is 5.59. The highest BCUT2D eigenvalue weighted by Gasteiger charge is 2.19.